The van der Waals surface area contributed by atoms with Crippen molar-refractivity contribution in [1.29, 1.82) is 0 Å². The molecule has 1 aliphatic rings. The van der Waals surface area contributed by atoms with E-state index in [1.54, 1.807) is 18.2 Å². The Morgan fingerprint density at radius 1 is 1.14 bits per heavy atom. The summed E-state index contributed by atoms with van der Waals surface area (Å²) in [6.07, 6.45) is 1.66. The molecule has 0 spiro atoms. The van der Waals surface area contributed by atoms with Crippen LogP contribution in [0.15, 0.2) is 42.5 Å². The molecular weight excluding hydrogens is 267 g/mol. The maximum Gasteiger partial charge on any atom is 0.168 e. The predicted octanol–water partition coefficient (Wildman–Crippen LogP) is 3.36. The van der Waals surface area contributed by atoms with Gasteiger partial charge in [-0.25, -0.2) is 4.39 Å². The summed E-state index contributed by atoms with van der Waals surface area (Å²) in [6.45, 7) is 0. The first-order valence-electron chi connectivity index (χ1n) is 7.10. The Morgan fingerprint density at radius 3 is 2.43 bits per heavy atom. The van der Waals surface area contributed by atoms with Crippen LogP contribution in [0.4, 0.5) is 4.39 Å². The summed E-state index contributed by atoms with van der Waals surface area (Å²) in [5.41, 5.74) is 2.89. The van der Waals surface area contributed by atoms with Gasteiger partial charge in [0.25, 0.3) is 0 Å². The molecule has 3 heteroatoms. The van der Waals surface area contributed by atoms with Gasteiger partial charge in [-0.15, -0.1) is 0 Å². The van der Waals surface area contributed by atoms with Gasteiger partial charge in [0.2, 0.25) is 0 Å². The highest BCUT2D eigenvalue weighted by atomic mass is 19.1. The third-order valence-electron chi connectivity index (χ3n) is 4.13. The molecule has 1 aliphatic carbocycles. The van der Waals surface area contributed by atoms with Gasteiger partial charge in [-0.3, -0.25) is 4.79 Å². The van der Waals surface area contributed by atoms with Crippen LogP contribution in [0.5, 0.6) is 5.75 Å². The van der Waals surface area contributed by atoms with Crippen molar-refractivity contribution in [3.63, 3.8) is 0 Å². The first-order chi connectivity index (χ1) is 10.2. The summed E-state index contributed by atoms with van der Waals surface area (Å²) < 4.78 is 19.1. The minimum atomic E-state index is -0.427. The number of hydrogen-bond donors (Lipinski definition) is 0. The number of benzene rings is 2. The van der Waals surface area contributed by atoms with Crippen LogP contribution in [-0.4, -0.2) is 12.9 Å². The Balaban J connectivity index is 1.74. The zero-order chi connectivity index (χ0) is 14.8. The van der Waals surface area contributed by atoms with Gasteiger partial charge in [0, 0.05) is 12.3 Å². The molecule has 3 rings (SSSR count). The van der Waals surface area contributed by atoms with E-state index in [0.29, 0.717) is 5.56 Å². The smallest absolute Gasteiger partial charge is 0.168 e. The third-order valence-corrected chi connectivity index (χ3v) is 4.13. The maximum absolute atomic E-state index is 14.1. The van der Waals surface area contributed by atoms with Crippen molar-refractivity contribution < 1.29 is 13.9 Å². The standard InChI is InChI=1S/C18H17FO2/c1-21-17-8-4-7-14(18(17)19)11-16(20)15-9-12-5-2-3-6-13(12)10-15/h2-8,15H,9-11H2,1H3. The molecule has 21 heavy (non-hydrogen) atoms. The second kappa shape index (κ2) is 5.68. The molecule has 0 radical (unpaired) electrons. The van der Waals surface area contributed by atoms with Crippen molar-refractivity contribution in [2.75, 3.05) is 7.11 Å². The largest absolute Gasteiger partial charge is 0.494 e. The summed E-state index contributed by atoms with van der Waals surface area (Å²) >= 11 is 0. The molecule has 2 nitrogen and oxygen atoms in total. The van der Waals surface area contributed by atoms with Crippen molar-refractivity contribution in [2.45, 2.75) is 19.3 Å². The zero-order valence-corrected chi connectivity index (χ0v) is 11.9. The van der Waals surface area contributed by atoms with E-state index < -0.39 is 5.82 Å². The number of carbonyl (C=O) groups excluding carboxylic acids is 1. The lowest BCUT2D eigenvalue weighted by atomic mass is 9.95. The van der Waals surface area contributed by atoms with Crippen molar-refractivity contribution in [3.8, 4) is 5.75 Å². The summed E-state index contributed by atoms with van der Waals surface area (Å²) in [4.78, 5) is 12.4. The molecule has 0 bridgehead atoms. The van der Waals surface area contributed by atoms with Gasteiger partial charge in [0.05, 0.1) is 7.11 Å². The fourth-order valence-corrected chi connectivity index (χ4v) is 2.97. The Labute approximate surface area is 123 Å². The van der Waals surface area contributed by atoms with E-state index in [1.807, 2.05) is 12.1 Å². The Hall–Kier alpha value is -2.16. The molecule has 0 atom stereocenters. The SMILES string of the molecule is COc1cccc(CC(=O)C2Cc3ccccc3C2)c1F. The van der Waals surface area contributed by atoms with Crippen LogP contribution in [0.1, 0.15) is 16.7 Å². The van der Waals surface area contributed by atoms with Gasteiger partial charge in [0.1, 0.15) is 5.78 Å². The first kappa shape index (κ1) is 13.8. The predicted molar refractivity (Wildman–Crippen MR) is 79.0 cm³/mol. The van der Waals surface area contributed by atoms with Crippen LogP contribution in [0.3, 0.4) is 0 Å². The number of carbonyl (C=O) groups is 1. The fourth-order valence-electron chi connectivity index (χ4n) is 2.97. The molecule has 0 amide bonds. The molecule has 0 heterocycles. The highest BCUT2D eigenvalue weighted by Crippen LogP contribution is 2.29. The Kier molecular flexibility index (Phi) is 3.74. The van der Waals surface area contributed by atoms with Crippen molar-refractivity contribution in [2.24, 2.45) is 5.92 Å². The summed E-state index contributed by atoms with van der Waals surface area (Å²) in [5.74, 6) is -0.176. The van der Waals surface area contributed by atoms with Gasteiger partial charge in [-0.2, -0.15) is 0 Å². The van der Waals surface area contributed by atoms with E-state index in [0.717, 1.165) is 12.8 Å². The molecular formula is C18H17FO2. The summed E-state index contributed by atoms with van der Waals surface area (Å²) in [5, 5.41) is 0. The lowest BCUT2D eigenvalue weighted by molar-refractivity contribution is -0.122. The van der Waals surface area contributed by atoms with Crippen LogP contribution in [0.2, 0.25) is 0 Å². The van der Waals surface area contributed by atoms with Gasteiger partial charge in [0.15, 0.2) is 11.6 Å². The minimum absolute atomic E-state index is 0.0343. The topological polar surface area (TPSA) is 26.3 Å². The number of ether oxygens (including phenoxy) is 1. The van der Waals surface area contributed by atoms with E-state index in [-0.39, 0.29) is 23.9 Å². The van der Waals surface area contributed by atoms with Gasteiger partial charge < -0.3 is 4.74 Å². The van der Waals surface area contributed by atoms with Crippen molar-refractivity contribution in [1.82, 2.24) is 0 Å². The first-order valence-corrected chi connectivity index (χ1v) is 7.10. The lowest BCUT2D eigenvalue weighted by Crippen LogP contribution is -2.17. The van der Waals surface area contributed by atoms with Crippen molar-refractivity contribution in [3.05, 3.63) is 65.0 Å². The monoisotopic (exact) mass is 284 g/mol. The number of halogens is 1. The molecule has 2 aromatic rings. The summed E-state index contributed by atoms with van der Waals surface area (Å²) in [7, 11) is 1.43. The van der Waals surface area contributed by atoms with E-state index >= 15 is 0 Å². The highest BCUT2D eigenvalue weighted by Gasteiger charge is 2.27. The molecule has 0 saturated carbocycles. The molecule has 0 aliphatic heterocycles. The van der Waals surface area contributed by atoms with E-state index in [2.05, 4.69) is 12.1 Å². The highest BCUT2D eigenvalue weighted by molar-refractivity contribution is 5.84. The normalized spacial score (nSPS) is 14.0. The average Bonchev–Trinajstić information content (AvgIpc) is 2.93. The van der Waals surface area contributed by atoms with Crippen LogP contribution in [0, 0.1) is 11.7 Å². The van der Waals surface area contributed by atoms with Crippen LogP contribution < -0.4 is 4.74 Å². The molecule has 108 valence electrons. The third kappa shape index (κ3) is 2.68. The molecule has 0 N–H and O–H groups in total. The van der Waals surface area contributed by atoms with E-state index in [9.17, 15) is 9.18 Å². The number of methoxy groups -OCH3 is 1. The van der Waals surface area contributed by atoms with Gasteiger partial charge >= 0.3 is 0 Å². The maximum atomic E-state index is 14.1. The second-order valence-corrected chi connectivity index (χ2v) is 5.45. The van der Waals surface area contributed by atoms with E-state index in [4.69, 9.17) is 4.74 Å². The number of fused-ring (bicyclic) bond motifs is 1. The van der Waals surface area contributed by atoms with Crippen molar-refractivity contribution >= 4 is 5.78 Å². The Bertz CT molecular complexity index is 654. The van der Waals surface area contributed by atoms with Gasteiger partial charge in [-0.1, -0.05) is 36.4 Å². The molecule has 0 saturated heterocycles. The number of hydrogen-bond acceptors (Lipinski definition) is 2. The molecule has 0 fully saturated rings. The molecule has 2 aromatic carbocycles. The number of ketones is 1. The fraction of sp³-hybridized carbons (Fsp3) is 0.278. The van der Waals surface area contributed by atoms with Gasteiger partial charge in [-0.05, 0) is 35.6 Å². The quantitative estimate of drug-likeness (QED) is 0.860. The number of rotatable bonds is 4. The Morgan fingerprint density at radius 2 is 1.81 bits per heavy atom. The lowest BCUT2D eigenvalue weighted by Gasteiger charge is -2.10. The van der Waals surface area contributed by atoms with Crippen LogP contribution in [0.25, 0.3) is 0 Å². The second-order valence-electron chi connectivity index (χ2n) is 5.45. The zero-order valence-electron chi connectivity index (χ0n) is 11.9. The minimum Gasteiger partial charge on any atom is -0.494 e. The average molecular weight is 284 g/mol. The molecule has 0 unspecified atom stereocenters. The van der Waals surface area contributed by atoms with E-state index in [1.165, 1.54) is 18.2 Å². The van der Waals surface area contributed by atoms with Crippen LogP contribution >= 0.6 is 0 Å². The molecule has 0 aromatic heterocycles. The number of Topliss-reactive ketones (excluding diaryl/α,β-unsaturated/α-hetero) is 1. The summed E-state index contributed by atoms with van der Waals surface area (Å²) in [6, 6.07) is 13.0. The van der Waals surface area contributed by atoms with Crippen LogP contribution in [-0.2, 0) is 24.1 Å².